The molecule has 2 N–H and O–H groups in total. The quantitative estimate of drug-likeness (QED) is 0.810. The lowest BCUT2D eigenvalue weighted by Crippen LogP contribution is -2.32. The molecule has 0 spiro atoms. The molecule has 1 aromatic heterocycles. The Kier molecular flexibility index (Phi) is 3.93. The first kappa shape index (κ1) is 13.5. The van der Waals surface area contributed by atoms with Gasteiger partial charge in [-0.1, -0.05) is 6.42 Å². The maximum absolute atomic E-state index is 12.3. The van der Waals surface area contributed by atoms with Crippen molar-refractivity contribution >= 4 is 21.4 Å². The highest BCUT2D eigenvalue weighted by Gasteiger charge is 2.25. The maximum atomic E-state index is 12.3. The minimum absolute atomic E-state index is 0.463. The van der Waals surface area contributed by atoms with Crippen LogP contribution in [0.5, 0.6) is 0 Å². The van der Waals surface area contributed by atoms with Gasteiger partial charge in [0.1, 0.15) is 0 Å². The Morgan fingerprint density at radius 3 is 2.68 bits per heavy atom. The summed E-state index contributed by atoms with van der Waals surface area (Å²) in [6.45, 7) is 1.26. The summed E-state index contributed by atoms with van der Waals surface area (Å²) in [5.74, 6) is 0.543. The SMILES string of the molecule is O=S(=O)(NCC1CCC1)c1ccsc1CNC1CC1. The van der Waals surface area contributed by atoms with Crippen LogP contribution in [0.2, 0.25) is 0 Å². The third-order valence-corrected chi connectivity index (χ3v) is 6.47. The predicted molar refractivity (Wildman–Crippen MR) is 76.7 cm³/mol. The minimum atomic E-state index is -3.33. The molecule has 2 fully saturated rings. The maximum Gasteiger partial charge on any atom is 0.241 e. The molecule has 4 nitrogen and oxygen atoms in total. The van der Waals surface area contributed by atoms with E-state index in [2.05, 4.69) is 10.0 Å². The minimum Gasteiger partial charge on any atom is -0.309 e. The van der Waals surface area contributed by atoms with E-state index in [4.69, 9.17) is 0 Å². The van der Waals surface area contributed by atoms with E-state index in [9.17, 15) is 8.42 Å². The first-order valence-electron chi connectivity index (χ1n) is 6.94. The molecule has 106 valence electrons. The molecule has 1 heterocycles. The van der Waals surface area contributed by atoms with Gasteiger partial charge in [0, 0.05) is 24.0 Å². The number of rotatable bonds is 7. The monoisotopic (exact) mass is 300 g/mol. The van der Waals surface area contributed by atoms with Crippen molar-refractivity contribution in [3.63, 3.8) is 0 Å². The summed E-state index contributed by atoms with van der Waals surface area (Å²) in [5.41, 5.74) is 0. The lowest BCUT2D eigenvalue weighted by molar-refractivity contribution is 0.316. The van der Waals surface area contributed by atoms with Gasteiger partial charge in [0.15, 0.2) is 0 Å². The molecule has 1 aromatic rings. The number of sulfonamides is 1. The van der Waals surface area contributed by atoms with Crippen molar-refractivity contribution in [3.05, 3.63) is 16.3 Å². The van der Waals surface area contributed by atoms with Gasteiger partial charge < -0.3 is 5.32 Å². The molecule has 0 amide bonds. The van der Waals surface area contributed by atoms with Crippen molar-refractivity contribution in [1.29, 1.82) is 0 Å². The lowest BCUT2D eigenvalue weighted by Gasteiger charge is -2.25. The summed E-state index contributed by atoms with van der Waals surface area (Å²) in [6, 6.07) is 2.32. The van der Waals surface area contributed by atoms with Crippen LogP contribution in [0.15, 0.2) is 16.3 Å². The van der Waals surface area contributed by atoms with E-state index in [1.807, 2.05) is 5.38 Å². The Bertz CT molecular complexity index is 531. The van der Waals surface area contributed by atoms with E-state index in [0.717, 1.165) is 17.7 Å². The molecule has 0 unspecified atom stereocenters. The first-order valence-corrected chi connectivity index (χ1v) is 9.31. The average Bonchev–Trinajstić information content (AvgIpc) is 3.00. The molecule has 0 atom stereocenters. The van der Waals surface area contributed by atoms with Crippen molar-refractivity contribution in [3.8, 4) is 0 Å². The normalized spacial score (nSPS) is 20.4. The zero-order chi connectivity index (χ0) is 13.3. The number of hydrogen-bond acceptors (Lipinski definition) is 4. The molecule has 0 radical (unpaired) electrons. The second-order valence-corrected chi connectivity index (χ2v) is 8.25. The third-order valence-electron chi connectivity index (χ3n) is 3.91. The molecule has 0 aromatic carbocycles. The molecular formula is C13H20N2O2S2. The molecule has 3 rings (SSSR count). The Hall–Kier alpha value is -0.430. The van der Waals surface area contributed by atoms with Crippen molar-refractivity contribution in [1.82, 2.24) is 10.0 Å². The second-order valence-electron chi connectivity index (χ2n) is 5.51. The van der Waals surface area contributed by atoms with E-state index < -0.39 is 10.0 Å². The first-order chi connectivity index (χ1) is 9.15. The Morgan fingerprint density at radius 2 is 2.05 bits per heavy atom. The molecule has 6 heteroatoms. The largest absolute Gasteiger partial charge is 0.309 e. The van der Waals surface area contributed by atoms with Gasteiger partial charge in [0.25, 0.3) is 0 Å². The van der Waals surface area contributed by atoms with Crippen LogP contribution in [-0.4, -0.2) is 21.0 Å². The lowest BCUT2D eigenvalue weighted by atomic mass is 9.86. The fourth-order valence-corrected chi connectivity index (χ4v) is 4.73. The Balaban J connectivity index is 1.63. The van der Waals surface area contributed by atoms with Crippen LogP contribution in [0.25, 0.3) is 0 Å². The molecule has 2 saturated carbocycles. The molecular weight excluding hydrogens is 280 g/mol. The zero-order valence-electron chi connectivity index (χ0n) is 10.9. The van der Waals surface area contributed by atoms with Gasteiger partial charge in [-0.2, -0.15) is 0 Å². The van der Waals surface area contributed by atoms with Crippen molar-refractivity contribution in [2.45, 2.75) is 49.6 Å². The van der Waals surface area contributed by atoms with Crippen molar-refractivity contribution in [2.75, 3.05) is 6.54 Å². The van der Waals surface area contributed by atoms with E-state index in [0.29, 0.717) is 29.9 Å². The van der Waals surface area contributed by atoms with Crippen LogP contribution in [0, 0.1) is 5.92 Å². The number of nitrogens with one attached hydrogen (secondary N) is 2. The van der Waals surface area contributed by atoms with Gasteiger partial charge in [-0.25, -0.2) is 13.1 Å². The number of hydrogen-bond donors (Lipinski definition) is 2. The standard InChI is InChI=1S/C13H20N2O2S2/c16-19(17,15-8-10-2-1-3-10)13-6-7-18-12(13)9-14-11-4-5-11/h6-7,10-11,14-15H,1-5,8-9H2. The van der Waals surface area contributed by atoms with Gasteiger partial charge in [0.05, 0.1) is 4.90 Å². The zero-order valence-corrected chi connectivity index (χ0v) is 12.5. The molecule has 0 bridgehead atoms. The molecule has 2 aliphatic carbocycles. The highest BCUT2D eigenvalue weighted by atomic mass is 32.2. The Morgan fingerprint density at radius 1 is 1.26 bits per heavy atom. The van der Waals surface area contributed by atoms with Crippen LogP contribution in [-0.2, 0) is 16.6 Å². The molecule has 0 saturated heterocycles. The van der Waals surface area contributed by atoms with E-state index >= 15 is 0 Å². The van der Waals surface area contributed by atoms with Gasteiger partial charge in [-0.05, 0) is 43.0 Å². The average molecular weight is 300 g/mol. The van der Waals surface area contributed by atoms with Crippen LogP contribution < -0.4 is 10.0 Å². The Labute approximate surface area is 118 Å². The third kappa shape index (κ3) is 3.37. The van der Waals surface area contributed by atoms with Crippen molar-refractivity contribution in [2.24, 2.45) is 5.92 Å². The van der Waals surface area contributed by atoms with Crippen molar-refractivity contribution < 1.29 is 8.42 Å². The van der Waals surface area contributed by atoms with E-state index in [1.54, 1.807) is 6.07 Å². The molecule has 2 aliphatic rings. The summed E-state index contributed by atoms with van der Waals surface area (Å²) >= 11 is 1.52. The molecule has 19 heavy (non-hydrogen) atoms. The van der Waals surface area contributed by atoms with Gasteiger partial charge in [0.2, 0.25) is 10.0 Å². The molecule has 0 aliphatic heterocycles. The summed E-state index contributed by atoms with van der Waals surface area (Å²) in [7, 11) is -3.33. The van der Waals surface area contributed by atoms with Crippen LogP contribution in [0.4, 0.5) is 0 Å². The second kappa shape index (κ2) is 5.52. The van der Waals surface area contributed by atoms with Gasteiger partial charge in [-0.3, -0.25) is 0 Å². The predicted octanol–water partition coefficient (Wildman–Crippen LogP) is 2.08. The smallest absolute Gasteiger partial charge is 0.241 e. The fraction of sp³-hybridized carbons (Fsp3) is 0.692. The summed E-state index contributed by atoms with van der Waals surface area (Å²) in [4.78, 5) is 1.39. The van der Waals surface area contributed by atoms with E-state index in [1.165, 1.54) is 30.6 Å². The van der Waals surface area contributed by atoms with Gasteiger partial charge >= 0.3 is 0 Å². The fourth-order valence-electron chi connectivity index (χ4n) is 2.22. The van der Waals surface area contributed by atoms with Crippen LogP contribution in [0.3, 0.4) is 0 Å². The van der Waals surface area contributed by atoms with E-state index in [-0.39, 0.29) is 0 Å². The van der Waals surface area contributed by atoms with Gasteiger partial charge in [-0.15, -0.1) is 11.3 Å². The topological polar surface area (TPSA) is 58.2 Å². The highest BCUT2D eigenvalue weighted by molar-refractivity contribution is 7.89. The number of thiophene rings is 1. The van der Waals surface area contributed by atoms with Crippen LogP contribution >= 0.6 is 11.3 Å². The summed E-state index contributed by atoms with van der Waals surface area (Å²) in [5, 5.41) is 5.24. The summed E-state index contributed by atoms with van der Waals surface area (Å²) in [6.07, 6.45) is 5.98. The summed E-state index contributed by atoms with van der Waals surface area (Å²) < 4.78 is 27.3. The highest BCUT2D eigenvalue weighted by Crippen LogP contribution is 2.27. The van der Waals surface area contributed by atoms with Crippen LogP contribution in [0.1, 0.15) is 37.0 Å².